The number of thioether (sulfide) groups is 2. The number of hydrogen-bond acceptors (Lipinski definition) is 16. The zero-order valence-corrected chi connectivity index (χ0v) is 50.3. The van der Waals surface area contributed by atoms with Crippen LogP contribution < -0.4 is 39.3 Å². The molecule has 6 aromatic rings. The molecule has 4 aliphatic heterocycles. The van der Waals surface area contributed by atoms with Crippen LogP contribution in [0.5, 0.6) is 0 Å². The van der Waals surface area contributed by atoms with Crippen LogP contribution in [-0.4, -0.2) is 77.4 Å². The van der Waals surface area contributed by atoms with Crippen LogP contribution in [0.1, 0.15) is 90.2 Å². The predicted octanol–water partition coefficient (Wildman–Crippen LogP) is 9.46. The number of nitro groups is 2. The van der Waals surface area contributed by atoms with E-state index in [1.165, 1.54) is 68.1 Å². The number of hydrogen-bond donors (Lipinski definition) is 0. The number of likely N-dealkylation sites (N-methyl/N-ethyl adjacent to an activating group) is 2. The Bertz CT molecular complexity index is 3910. The Morgan fingerprint density at radius 2 is 0.925 bits per heavy atom. The van der Waals surface area contributed by atoms with Gasteiger partial charge in [0.05, 0.1) is 18.9 Å². The summed E-state index contributed by atoms with van der Waals surface area (Å²) in [4.78, 5) is 85.8. The highest BCUT2D eigenvalue weighted by molar-refractivity contribution is 8.30. The number of allylic oxidation sites excluding steroid dienone is 4. The van der Waals surface area contributed by atoms with E-state index in [1.54, 1.807) is 47.5 Å². The van der Waals surface area contributed by atoms with Gasteiger partial charge in [-0.05, 0) is 133 Å². The number of carbonyl (C=O) groups is 2. The molecule has 4 aromatic carbocycles. The Kier molecular flexibility index (Phi) is 15.6. The Balaban J connectivity index is 0.978. The van der Waals surface area contributed by atoms with Gasteiger partial charge in [-0.2, -0.15) is 0 Å². The molecule has 6 heterocycles. The highest BCUT2D eigenvalue weighted by atomic mass is 32.2. The number of amides is 2. The third-order valence-electron chi connectivity index (χ3n) is 16.0. The SMILES string of the molecule is CCCn1c(=C2SC(=S)N(C)C2=O)sc(=CC=C2N(C)c3cc4cc([N+](=O)[O-])ccc4cc3C2(C)CCCCCCC2(C)C(=CC=c3sc(=C4SC(=S)N(C)C4=O)n(CCC)c3=O)N(C)c3cc4cc([N+](=O)[O-])ccc4cc32)c1=O. The summed E-state index contributed by atoms with van der Waals surface area (Å²) in [6.45, 7) is 9.33. The third kappa shape index (κ3) is 9.77. The summed E-state index contributed by atoms with van der Waals surface area (Å²) in [5.74, 6) is -0.453. The molecular weight excluding hydrogens is 1130 g/mol. The topological polar surface area (TPSA) is 177 Å². The van der Waals surface area contributed by atoms with Gasteiger partial charge in [-0.15, -0.1) is 22.7 Å². The fraction of sp³-hybridized carbons (Fsp3) is 0.345. The minimum atomic E-state index is -0.525. The number of rotatable bonds is 15. The van der Waals surface area contributed by atoms with Gasteiger partial charge >= 0.3 is 0 Å². The van der Waals surface area contributed by atoms with Crippen molar-refractivity contribution in [1.29, 1.82) is 0 Å². The van der Waals surface area contributed by atoms with Gasteiger partial charge in [-0.1, -0.05) is 87.5 Å². The van der Waals surface area contributed by atoms with Crippen LogP contribution in [0.15, 0.2) is 93.8 Å². The number of thiazole rings is 2. The van der Waals surface area contributed by atoms with Crippen LogP contribution in [0.4, 0.5) is 22.7 Å². The van der Waals surface area contributed by atoms with Crippen LogP contribution in [0.3, 0.4) is 0 Å². The predicted molar refractivity (Wildman–Crippen MR) is 334 cm³/mol. The largest absolute Gasteiger partial charge is 0.347 e. The number of nitro benzene ring substituents is 2. The number of anilines is 2. The molecule has 22 heteroatoms. The molecule has 2 saturated heterocycles. The van der Waals surface area contributed by atoms with Crippen molar-refractivity contribution in [2.24, 2.45) is 0 Å². The first kappa shape index (κ1) is 56.7. The summed E-state index contributed by atoms with van der Waals surface area (Å²) in [7, 11) is 7.27. The quantitative estimate of drug-likeness (QED) is 0.0411. The minimum Gasteiger partial charge on any atom is -0.347 e. The normalized spacial score (nSPS) is 22.1. The fourth-order valence-electron chi connectivity index (χ4n) is 11.6. The zero-order chi connectivity index (χ0) is 57.3. The maximum Gasteiger partial charge on any atom is 0.270 e. The minimum absolute atomic E-state index is 0.0105. The second-order valence-electron chi connectivity index (χ2n) is 21.0. The number of benzene rings is 4. The van der Waals surface area contributed by atoms with E-state index in [2.05, 4.69) is 35.8 Å². The van der Waals surface area contributed by atoms with Gasteiger partial charge in [0.25, 0.3) is 34.3 Å². The molecule has 2 atom stereocenters. The Morgan fingerprint density at radius 1 is 0.537 bits per heavy atom. The number of carbonyl (C=O) groups excluding carboxylic acids is 2. The number of aromatic nitrogens is 2. The second kappa shape index (κ2) is 22.1. The standard InChI is InChI=1S/C58H58N8O8S6/c1-9-25-63-49(67)43(77-53(63)47-51(69)61(7)55(75)79-47)19-21-45-57(3,39-29-33-15-17-37(65(71)72)27-35(33)31-41(39)59(45)5)23-13-11-12-14-24-58(4)40-30-34-16-18-38(66(73)74)28-36(34)32-42(40)60(6)46(58)22-20-44-50(68)64(26-10-2)54(78-44)48-52(70)62(8)56(76)80-48/h15-22,27-32H,9-14,23-26H2,1-8H3. The average molecular weight is 1190 g/mol. The van der Waals surface area contributed by atoms with Crippen molar-refractivity contribution >= 4 is 157 Å². The number of thiocarbonyl (C=S) groups is 2. The highest BCUT2D eigenvalue weighted by Gasteiger charge is 2.44. The Hall–Kier alpha value is -6.56. The van der Waals surface area contributed by atoms with E-state index in [4.69, 9.17) is 24.4 Å². The molecular formula is C58H58N8O8S6. The first-order valence-corrected chi connectivity index (χ1v) is 30.5. The van der Waals surface area contributed by atoms with Crippen molar-refractivity contribution in [2.75, 3.05) is 38.0 Å². The van der Waals surface area contributed by atoms with Crippen molar-refractivity contribution in [1.82, 2.24) is 18.9 Å². The van der Waals surface area contributed by atoms with Crippen molar-refractivity contribution in [3.63, 3.8) is 0 Å². The number of unbranched alkanes of at least 4 members (excludes halogenated alkanes) is 3. The Morgan fingerprint density at radius 3 is 1.26 bits per heavy atom. The third-order valence-corrected chi connectivity index (χ3v) is 21.6. The molecule has 80 heavy (non-hydrogen) atoms. The maximum absolute atomic E-state index is 14.1. The fourth-order valence-corrected chi connectivity index (χ4v) is 16.4. The van der Waals surface area contributed by atoms with E-state index in [1.807, 2.05) is 64.4 Å². The van der Waals surface area contributed by atoms with E-state index >= 15 is 0 Å². The molecule has 0 spiro atoms. The summed E-state index contributed by atoms with van der Waals surface area (Å²) in [5, 5.41) is 27.0. The van der Waals surface area contributed by atoms with E-state index in [9.17, 15) is 39.4 Å². The molecule has 2 fully saturated rings. The van der Waals surface area contributed by atoms with Crippen LogP contribution in [0.25, 0.3) is 43.5 Å². The number of fused-ring (bicyclic) bond motifs is 4. The lowest BCUT2D eigenvalue weighted by Gasteiger charge is -2.30. The molecule has 10 rings (SSSR count). The lowest BCUT2D eigenvalue weighted by molar-refractivity contribution is -0.384. The molecule has 0 bridgehead atoms. The highest BCUT2D eigenvalue weighted by Crippen LogP contribution is 2.53. The van der Waals surface area contributed by atoms with Crippen molar-refractivity contribution in [3.05, 3.63) is 155 Å². The lowest BCUT2D eigenvalue weighted by Crippen LogP contribution is -2.33. The van der Waals surface area contributed by atoms with E-state index < -0.39 is 10.8 Å². The average Bonchev–Trinajstić information content (AvgIpc) is 4.18. The van der Waals surface area contributed by atoms with Crippen molar-refractivity contribution in [2.45, 2.75) is 103 Å². The van der Waals surface area contributed by atoms with Gasteiger partial charge in [0.15, 0.2) is 0 Å². The molecule has 16 nitrogen and oxygen atoms in total. The summed E-state index contributed by atoms with van der Waals surface area (Å²) < 4.78 is 6.40. The molecule has 2 aromatic heterocycles. The lowest BCUT2D eigenvalue weighted by atomic mass is 9.75. The van der Waals surface area contributed by atoms with Crippen LogP contribution in [0, 0.1) is 20.2 Å². The second-order valence-corrected chi connectivity index (χ2v) is 26.4. The van der Waals surface area contributed by atoms with E-state index in [0.29, 0.717) is 62.8 Å². The molecule has 2 unspecified atom stereocenters. The van der Waals surface area contributed by atoms with E-state index in [0.717, 1.165) is 94.0 Å². The van der Waals surface area contributed by atoms with Gasteiger partial charge in [-0.3, -0.25) is 58.3 Å². The first-order valence-electron chi connectivity index (χ1n) is 26.4. The molecule has 0 N–H and O–H groups in total. The van der Waals surface area contributed by atoms with Gasteiger partial charge in [0.2, 0.25) is 0 Å². The van der Waals surface area contributed by atoms with Crippen LogP contribution in [0.2, 0.25) is 0 Å². The zero-order valence-electron chi connectivity index (χ0n) is 45.4. The molecule has 414 valence electrons. The summed E-state index contributed by atoms with van der Waals surface area (Å²) >= 11 is 15.9. The van der Waals surface area contributed by atoms with Crippen molar-refractivity contribution < 1.29 is 19.4 Å². The monoisotopic (exact) mass is 1190 g/mol. The van der Waals surface area contributed by atoms with Gasteiger partial charge in [0.1, 0.15) is 27.8 Å². The molecule has 2 amide bonds. The van der Waals surface area contributed by atoms with Gasteiger partial charge in [0, 0.05) is 99.1 Å². The maximum atomic E-state index is 14.1. The van der Waals surface area contributed by atoms with Crippen LogP contribution >= 0.6 is 70.6 Å². The van der Waals surface area contributed by atoms with Crippen LogP contribution in [-0.2, 0) is 33.5 Å². The number of non-ortho nitro benzene ring substituents is 2. The molecule has 0 aliphatic carbocycles. The summed E-state index contributed by atoms with van der Waals surface area (Å²) in [6, 6.07) is 18.2. The van der Waals surface area contributed by atoms with Gasteiger partial charge in [-0.25, -0.2) is 0 Å². The molecule has 4 aliphatic rings. The molecule has 0 radical (unpaired) electrons. The number of nitrogens with zero attached hydrogens (tertiary/aromatic N) is 8. The first-order chi connectivity index (χ1) is 38.1. The van der Waals surface area contributed by atoms with E-state index in [-0.39, 0.29) is 44.2 Å². The molecule has 0 saturated carbocycles. The van der Waals surface area contributed by atoms with Crippen molar-refractivity contribution in [3.8, 4) is 0 Å². The summed E-state index contributed by atoms with van der Waals surface area (Å²) in [5.41, 5.74) is 4.58. The summed E-state index contributed by atoms with van der Waals surface area (Å²) in [6.07, 6.45) is 14.2. The Labute approximate surface area is 488 Å². The van der Waals surface area contributed by atoms with Gasteiger partial charge < -0.3 is 9.80 Å². The smallest absolute Gasteiger partial charge is 0.270 e.